The molecule has 84 valence electrons. The van der Waals surface area contributed by atoms with E-state index in [-0.39, 0.29) is 0 Å². The van der Waals surface area contributed by atoms with Crippen LogP contribution < -0.4 is 14.2 Å². The summed E-state index contributed by atoms with van der Waals surface area (Å²) in [7, 11) is 4.94. The van der Waals surface area contributed by atoms with Gasteiger partial charge in [0.15, 0.2) is 11.5 Å². The molecule has 0 saturated carbocycles. The van der Waals surface area contributed by atoms with Crippen LogP contribution in [0.1, 0.15) is 25.3 Å². The maximum absolute atomic E-state index is 5.37. The standard InChI is InChI=1S/C12H18O3/c1-8(2)11-9(13-3)6-7-10(14-4)12(11)15-5/h6-8H,1-5H3. The fraction of sp³-hybridized carbons (Fsp3) is 0.500. The Morgan fingerprint density at radius 1 is 0.867 bits per heavy atom. The van der Waals surface area contributed by atoms with Crippen molar-refractivity contribution in [1.29, 1.82) is 0 Å². The molecule has 15 heavy (non-hydrogen) atoms. The minimum absolute atomic E-state index is 0.324. The lowest BCUT2D eigenvalue weighted by Crippen LogP contribution is -2.00. The second kappa shape index (κ2) is 4.91. The molecule has 0 aliphatic heterocycles. The predicted octanol–water partition coefficient (Wildman–Crippen LogP) is 2.84. The van der Waals surface area contributed by atoms with E-state index in [0.717, 1.165) is 22.8 Å². The van der Waals surface area contributed by atoms with Gasteiger partial charge in [-0.1, -0.05) is 13.8 Å². The average Bonchev–Trinajstić information content (AvgIpc) is 2.26. The number of ether oxygens (including phenoxy) is 3. The van der Waals surface area contributed by atoms with Gasteiger partial charge >= 0.3 is 0 Å². The van der Waals surface area contributed by atoms with Crippen molar-refractivity contribution in [1.82, 2.24) is 0 Å². The highest BCUT2D eigenvalue weighted by atomic mass is 16.5. The molecule has 0 amide bonds. The lowest BCUT2D eigenvalue weighted by atomic mass is 10.0. The Morgan fingerprint density at radius 2 is 1.40 bits per heavy atom. The van der Waals surface area contributed by atoms with E-state index < -0.39 is 0 Å². The van der Waals surface area contributed by atoms with Crippen molar-refractivity contribution < 1.29 is 14.2 Å². The Kier molecular flexibility index (Phi) is 3.83. The number of rotatable bonds is 4. The summed E-state index contributed by atoms with van der Waals surface area (Å²) in [6.07, 6.45) is 0. The third kappa shape index (κ3) is 2.17. The van der Waals surface area contributed by atoms with Crippen molar-refractivity contribution >= 4 is 0 Å². The molecule has 3 nitrogen and oxygen atoms in total. The predicted molar refractivity (Wildman–Crippen MR) is 60.2 cm³/mol. The number of hydrogen-bond acceptors (Lipinski definition) is 3. The first-order valence-electron chi connectivity index (χ1n) is 4.94. The molecule has 0 radical (unpaired) electrons. The molecule has 0 aliphatic rings. The SMILES string of the molecule is COc1ccc(OC)c(C(C)C)c1OC. The van der Waals surface area contributed by atoms with Gasteiger partial charge in [-0.3, -0.25) is 0 Å². The van der Waals surface area contributed by atoms with E-state index in [2.05, 4.69) is 13.8 Å². The highest BCUT2D eigenvalue weighted by molar-refractivity contribution is 5.55. The summed E-state index contributed by atoms with van der Waals surface area (Å²) in [5, 5.41) is 0. The van der Waals surface area contributed by atoms with E-state index in [1.165, 1.54) is 0 Å². The van der Waals surface area contributed by atoms with E-state index in [4.69, 9.17) is 14.2 Å². The summed E-state index contributed by atoms with van der Waals surface area (Å²) in [6, 6.07) is 3.75. The maximum Gasteiger partial charge on any atom is 0.167 e. The number of methoxy groups -OCH3 is 3. The van der Waals surface area contributed by atoms with Gasteiger partial charge in [0.05, 0.1) is 21.3 Å². The van der Waals surface area contributed by atoms with Crippen LogP contribution in [-0.4, -0.2) is 21.3 Å². The van der Waals surface area contributed by atoms with Crippen LogP contribution in [0.15, 0.2) is 12.1 Å². The minimum Gasteiger partial charge on any atom is -0.496 e. The van der Waals surface area contributed by atoms with Crippen LogP contribution in [0.4, 0.5) is 0 Å². The average molecular weight is 210 g/mol. The van der Waals surface area contributed by atoms with Crippen molar-refractivity contribution in [2.24, 2.45) is 0 Å². The van der Waals surface area contributed by atoms with E-state index in [1.54, 1.807) is 21.3 Å². The molecule has 3 heteroatoms. The van der Waals surface area contributed by atoms with Gasteiger partial charge in [-0.05, 0) is 18.1 Å². The van der Waals surface area contributed by atoms with E-state index in [1.807, 2.05) is 12.1 Å². The fourth-order valence-electron chi connectivity index (χ4n) is 1.66. The van der Waals surface area contributed by atoms with Gasteiger partial charge in [-0.2, -0.15) is 0 Å². The number of hydrogen-bond donors (Lipinski definition) is 0. The third-order valence-corrected chi connectivity index (χ3v) is 2.34. The van der Waals surface area contributed by atoms with Crippen molar-refractivity contribution in [3.8, 4) is 17.2 Å². The summed E-state index contributed by atoms with van der Waals surface area (Å²) < 4.78 is 15.9. The van der Waals surface area contributed by atoms with Gasteiger partial charge in [0.2, 0.25) is 0 Å². The maximum atomic E-state index is 5.37. The first-order valence-corrected chi connectivity index (χ1v) is 4.94. The lowest BCUT2D eigenvalue weighted by Gasteiger charge is -2.18. The quantitative estimate of drug-likeness (QED) is 0.764. The van der Waals surface area contributed by atoms with Gasteiger partial charge in [0.25, 0.3) is 0 Å². The molecule has 0 aromatic heterocycles. The van der Waals surface area contributed by atoms with Crippen LogP contribution >= 0.6 is 0 Å². The number of benzene rings is 1. The molecule has 1 aromatic carbocycles. The van der Waals surface area contributed by atoms with Gasteiger partial charge in [-0.15, -0.1) is 0 Å². The monoisotopic (exact) mass is 210 g/mol. The van der Waals surface area contributed by atoms with Crippen LogP contribution in [0.5, 0.6) is 17.2 Å². The Hall–Kier alpha value is -1.38. The van der Waals surface area contributed by atoms with Gasteiger partial charge in [-0.25, -0.2) is 0 Å². The molecule has 0 fully saturated rings. The highest BCUT2D eigenvalue weighted by Gasteiger charge is 2.17. The summed E-state index contributed by atoms with van der Waals surface area (Å²) in [4.78, 5) is 0. The molecule has 0 unspecified atom stereocenters. The minimum atomic E-state index is 0.324. The van der Waals surface area contributed by atoms with Crippen molar-refractivity contribution in [3.05, 3.63) is 17.7 Å². The second-order valence-corrected chi connectivity index (χ2v) is 3.57. The largest absolute Gasteiger partial charge is 0.496 e. The molecule has 0 spiro atoms. The van der Waals surface area contributed by atoms with Crippen molar-refractivity contribution in [2.75, 3.05) is 21.3 Å². The van der Waals surface area contributed by atoms with Crippen molar-refractivity contribution in [2.45, 2.75) is 19.8 Å². The van der Waals surface area contributed by atoms with Crippen LogP contribution in [-0.2, 0) is 0 Å². The van der Waals surface area contributed by atoms with Gasteiger partial charge < -0.3 is 14.2 Å². The van der Waals surface area contributed by atoms with Crippen LogP contribution in [0, 0.1) is 0 Å². The van der Waals surface area contributed by atoms with E-state index >= 15 is 0 Å². The Bertz CT molecular complexity index is 332. The van der Waals surface area contributed by atoms with Crippen LogP contribution in [0.25, 0.3) is 0 Å². The zero-order chi connectivity index (χ0) is 11.4. The Morgan fingerprint density at radius 3 is 1.80 bits per heavy atom. The molecule has 0 heterocycles. The molecule has 0 saturated heterocycles. The highest BCUT2D eigenvalue weighted by Crippen LogP contribution is 2.41. The first kappa shape index (κ1) is 11.7. The third-order valence-electron chi connectivity index (χ3n) is 2.34. The fourth-order valence-corrected chi connectivity index (χ4v) is 1.66. The molecule has 1 aromatic rings. The molecule has 0 N–H and O–H groups in total. The van der Waals surface area contributed by atoms with Gasteiger partial charge in [0.1, 0.15) is 5.75 Å². The van der Waals surface area contributed by atoms with Crippen LogP contribution in [0.3, 0.4) is 0 Å². The normalized spacial score (nSPS) is 10.3. The molecule has 0 aliphatic carbocycles. The smallest absolute Gasteiger partial charge is 0.167 e. The Balaban J connectivity index is 3.37. The van der Waals surface area contributed by atoms with E-state index in [9.17, 15) is 0 Å². The van der Waals surface area contributed by atoms with Crippen LogP contribution in [0.2, 0.25) is 0 Å². The summed E-state index contributed by atoms with van der Waals surface area (Å²) in [6.45, 7) is 4.19. The topological polar surface area (TPSA) is 27.7 Å². The zero-order valence-corrected chi connectivity index (χ0v) is 9.96. The van der Waals surface area contributed by atoms with Crippen molar-refractivity contribution in [3.63, 3.8) is 0 Å². The van der Waals surface area contributed by atoms with E-state index in [0.29, 0.717) is 5.92 Å². The zero-order valence-electron chi connectivity index (χ0n) is 9.96. The molecule has 1 rings (SSSR count). The molecule has 0 atom stereocenters. The Labute approximate surface area is 91.0 Å². The molecule has 0 bridgehead atoms. The second-order valence-electron chi connectivity index (χ2n) is 3.57. The summed E-state index contributed by atoms with van der Waals surface area (Å²) in [5.74, 6) is 2.65. The summed E-state index contributed by atoms with van der Waals surface area (Å²) >= 11 is 0. The summed E-state index contributed by atoms with van der Waals surface area (Å²) in [5.41, 5.74) is 1.04. The lowest BCUT2D eigenvalue weighted by molar-refractivity contribution is 0.341. The van der Waals surface area contributed by atoms with Gasteiger partial charge in [0, 0.05) is 5.56 Å². The molecular formula is C12H18O3. The molecular weight excluding hydrogens is 192 g/mol. The first-order chi connectivity index (χ1) is 7.15.